The van der Waals surface area contributed by atoms with Gasteiger partial charge in [-0.05, 0) is 31.2 Å². The van der Waals surface area contributed by atoms with Crippen LogP contribution in [-0.4, -0.2) is 33.1 Å². The number of ether oxygens (including phenoxy) is 1. The number of carbonyl (C=O) groups excluding carboxylic acids is 1. The number of hydrogen-bond donors (Lipinski definition) is 2. The number of carboxylic acid groups (broad SMARTS) is 1. The summed E-state index contributed by atoms with van der Waals surface area (Å²) in [5.74, 6) is -0.871. The standard InChI is InChI=1S/C15H17N3O4/c1-10(13-7-16-9-18(13)2)17-15(21)11-3-5-12(6-4-11)22-8-14(19)20/h3-7,9-10H,8H2,1-2H3,(H,17,21)(H,19,20). The molecule has 0 radical (unpaired) electrons. The van der Waals surface area contributed by atoms with E-state index in [0.717, 1.165) is 5.69 Å². The van der Waals surface area contributed by atoms with Crippen LogP contribution in [0.2, 0.25) is 0 Å². The minimum atomic E-state index is -1.05. The molecule has 1 heterocycles. The van der Waals surface area contributed by atoms with Gasteiger partial charge in [-0.2, -0.15) is 0 Å². The lowest BCUT2D eigenvalue weighted by Gasteiger charge is -2.14. The van der Waals surface area contributed by atoms with E-state index in [4.69, 9.17) is 9.84 Å². The van der Waals surface area contributed by atoms with Crippen molar-refractivity contribution >= 4 is 11.9 Å². The lowest BCUT2D eigenvalue weighted by molar-refractivity contribution is -0.139. The molecule has 1 aromatic carbocycles. The molecule has 1 unspecified atom stereocenters. The van der Waals surface area contributed by atoms with E-state index in [1.807, 2.05) is 18.5 Å². The number of amides is 1. The van der Waals surface area contributed by atoms with Gasteiger partial charge in [-0.1, -0.05) is 0 Å². The average Bonchev–Trinajstić information content (AvgIpc) is 2.91. The second-order valence-corrected chi connectivity index (χ2v) is 4.83. The number of carboxylic acids is 1. The van der Waals surface area contributed by atoms with Crippen LogP contribution in [0.15, 0.2) is 36.8 Å². The van der Waals surface area contributed by atoms with Gasteiger partial charge in [-0.15, -0.1) is 0 Å². The van der Waals surface area contributed by atoms with Crippen molar-refractivity contribution in [1.29, 1.82) is 0 Å². The number of aliphatic carboxylic acids is 1. The number of hydrogen-bond acceptors (Lipinski definition) is 4. The van der Waals surface area contributed by atoms with Gasteiger partial charge in [0.1, 0.15) is 5.75 Å². The van der Waals surface area contributed by atoms with Gasteiger partial charge >= 0.3 is 5.97 Å². The zero-order valence-electron chi connectivity index (χ0n) is 12.3. The summed E-state index contributed by atoms with van der Waals surface area (Å²) >= 11 is 0. The van der Waals surface area contributed by atoms with Crippen LogP contribution in [0.1, 0.15) is 29.0 Å². The molecule has 0 fully saturated rings. The van der Waals surface area contributed by atoms with Crippen molar-refractivity contribution in [1.82, 2.24) is 14.9 Å². The van der Waals surface area contributed by atoms with E-state index in [0.29, 0.717) is 11.3 Å². The van der Waals surface area contributed by atoms with Crippen molar-refractivity contribution in [3.8, 4) is 5.75 Å². The summed E-state index contributed by atoms with van der Waals surface area (Å²) in [7, 11) is 1.86. The summed E-state index contributed by atoms with van der Waals surface area (Å²) < 4.78 is 6.86. The number of benzene rings is 1. The van der Waals surface area contributed by atoms with E-state index in [1.54, 1.807) is 36.8 Å². The number of aromatic nitrogens is 2. The van der Waals surface area contributed by atoms with Crippen molar-refractivity contribution in [3.05, 3.63) is 48.0 Å². The predicted molar refractivity (Wildman–Crippen MR) is 78.7 cm³/mol. The molecule has 0 saturated carbocycles. The van der Waals surface area contributed by atoms with Gasteiger partial charge in [-0.3, -0.25) is 4.79 Å². The Morgan fingerprint density at radius 1 is 1.36 bits per heavy atom. The highest BCUT2D eigenvalue weighted by molar-refractivity contribution is 5.94. The smallest absolute Gasteiger partial charge is 0.341 e. The lowest BCUT2D eigenvalue weighted by atomic mass is 10.1. The topological polar surface area (TPSA) is 93.4 Å². The van der Waals surface area contributed by atoms with Gasteiger partial charge < -0.3 is 19.7 Å². The van der Waals surface area contributed by atoms with Gasteiger partial charge in [0.05, 0.1) is 24.3 Å². The SMILES string of the molecule is CC(NC(=O)c1ccc(OCC(=O)O)cc1)c1cncn1C. The van der Waals surface area contributed by atoms with Crippen molar-refractivity contribution in [2.75, 3.05) is 6.61 Å². The molecule has 2 rings (SSSR count). The highest BCUT2D eigenvalue weighted by Crippen LogP contribution is 2.14. The van der Waals surface area contributed by atoms with Crippen LogP contribution in [0, 0.1) is 0 Å². The second-order valence-electron chi connectivity index (χ2n) is 4.83. The van der Waals surface area contributed by atoms with E-state index in [2.05, 4.69) is 10.3 Å². The van der Waals surface area contributed by atoms with Crippen molar-refractivity contribution < 1.29 is 19.4 Å². The zero-order valence-corrected chi connectivity index (χ0v) is 12.3. The van der Waals surface area contributed by atoms with Crippen LogP contribution >= 0.6 is 0 Å². The first-order valence-corrected chi connectivity index (χ1v) is 6.69. The molecular formula is C15H17N3O4. The van der Waals surface area contributed by atoms with E-state index in [1.165, 1.54) is 0 Å². The monoisotopic (exact) mass is 303 g/mol. The molecule has 2 N–H and O–H groups in total. The molecule has 2 aromatic rings. The fourth-order valence-electron chi connectivity index (χ4n) is 1.99. The Bertz CT molecular complexity index is 664. The van der Waals surface area contributed by atoms with E-state index in [9.17, 15) is 9.59 Å². The van der Waals surface area contributed by atoms with Crippen LogP contribution in [-0.2, 0) is 11.8 Å². The summed E-state index contributed by atoms with van der Waals surface area (Å²) in [5, 5.41) is 11.4. The molecule has 0 aliphatic heterocycles. The van der Waals surface area contributed by atoms with Crippen molar-refractivity contribution in [2.45, 2.75) is 13.0 Å². The molecule has 0 aliphatic carbocycles. The molecule has 1 aromatic heterocycles. The number of rotatable bonds is 6. The third-order valence-electron chi connectivity index (χ3n) is 3.12. The first-order valence-electron chi connectivity index (χ1n) is 6.69. The summed E-state index contributed by atoms with van der Waals surface area (Å²) in [6.45, 7) is 1.46. The first-order chi connectivity index (χ1) is 10.5. The van der Waals surface area contributed by atoms with Crippen LogP contribution in [0.5, 0.6) is 5.75 Å². The lowest BCUT2D eigenvalue weighted by Crippen LogP contribution is -2.27. The highest BCUT2D eigenvalue weighted by atomic mass is 16.5. The maximum atomic E-state index is 12.2. The van der Waals surface area contributed by atoms with Gasteiger partial charge in [-0.25, -0.2) is 9.78 Å². The molecular weight excluding hydrogens is 286 g/mol. The van der Waals surface area contributed by atoms with Crippen LogP contribution in [0.25, 0.3) is 0 Å². The molecule has 7 nitrogen and oxygen atoms in total. The Kier molecular flexibility index (Phi) is 4.77. The molecule has 7 heteroatoms. The number of nitrogens with one attached hydrogen (secondary N) is 1. The normalized spacial score (nSPS) is 11.7. The van der Waals surface area contributed by atoms with Crippen LogP contribution in [0.3, 0.4) is 0 Å². The fourth-order valence-corrected chi connectivity index (χ4v) is 1.99. The fraction of sp³-hybridized carbons (Fsp3) is 0.267. The van der Waals surface area contributed by atoms with E-state index < -0.39 is 12.6 Å². The van der Waals surface area contributed by atoms with Crippen molar-refractivity contribution in [3.63, 3.8) is 0 Å². The molecule has 0 spiro atoms. The first kappa shape index (κ1) is 15.6. The minimum absolute atomic E-state index is 0.178. The molecule has 0 aliphatic rings. The van der Waals surface area contributed by atoms with Gasteiger partial charge in [0.25, 0.3) is 5.91 Å². The summed E-state index contributed by atoms with van der Waals surface area (Å²) in [6.07, 6.45) is 3.38. The van der Waals surface area contributed by atoms with Crippen LogP contribution in [0.4, 0.5) is 0 Å². The maximum Gasteiger partial charge on any atom is 0.341 e. The van der Waals surface area contributed by atoms with E-state index >= 15 is 0 Å². The Labute approximate surface area is 127 Å². The minimum Gasteiger partial charge on any atom is -0.482 e. The molecule has 0 bridgehead atoms. The summed E-state index contributed by atoms with van der Waals surface area (Å²) in [4.78, 5) is 26.6. The van der Waals surface area contributed by atoms with Gasteiger partial charge in [0.2, 0.25) is 0 Å². The largest absolute Gasteiger partial charge is 0.482 e. The number of nitrogens with zero attached hydrogens (tertiary/aromatic N) is 2. The number of carbonyl (C=O) groups is 2. The average molecular weight is 303 g/mol. The zero-order chi connectivity index (χ0) is 16.1. The highest BCUT2D eigenvalue weighted by Gasteiger charge is 2.14. The van der Waals surface area contributed by atoms with E-state index in [-0.39, 0.29) is 11.9 Å². The molecule has 116 valence electrons. The van der Waals surface area contributed by atoms with Crippen molar-refractivity contribution in [2.24, 2.45) is 7.05 Å². The predicted octanol–water partition coefficient (Wildman–Crippen LogP) is 1.37. The maximum absolute atomic E-state index is 12.2. The third-order valence-corrected chi connectivity index (χ3v) is 3.12. The second kappa shape index (κ2) is 6.75. The van der Waals surface area contributed by atoms with Gasteiger partial charge in [0.15, 0.2) is 6.61 Å². The Hall–Kier alpha value is -2.83. The van der Waals surface area contributed by atoms with Crippen LogP contribution < -0.4 is 10.1 Å². The molecule has 0 saturated heterocycles. The molecule has 1 amide bonds. The van der Waals surface area contributed by atoms with Gasteiger partial charge in [0, 0.05) is 12.6 Å². The summed E-state index contributed by atoms with van der Waals surface area (Å²) in [5.41, 5.74) is 1.37. The number of imidazole rings is 1. The third kappa shape index (κ3) is 3.85. The molecule has 1 atom stereocenters. The number of aryl methyl sites for hydroxylation is 1. The Balaban J connectivity index is 1.98. The quantitative estimate of drug-likeness (QED) is 0.840. The molecule has 22 heavy (non-hydrogen) atoms. The summed E-state index contributed by atoms with van der Waals surface area (Å²) in [6, 6.07) is 6.12. The Morgan fingerprint density at radius 2 is 2.05 bits per heavy atom. The Morgan fingerprint density at radius 3 is 2.59 bits per heavy atom.